The summed E-state index contributed by atoms with van der Waals surface area (Å²) in [5.41, 5.74) is 5.98. The maximum absolute atomic E-state index is 12.2. The number of aliphatic carboxylic acids is 1. The van der Waals surface area contributed by atoms with E-state index in [1.54, 1.807) is 18.2 Å². The Labute approximate surface area is 121 Å². The number of primary amides is 1. The van der Waals surface area contributed by atoms with E-state index in [1.807, 2.05) is 6.08 Å². The summed E-state index contributed by atoms with van der Waals surface area (Å²) in [4.78, 5) is 34.3. The molecule has 1 aliphatic carbocycles. The summed E-state index contributed by atoms with van der Waals surface area (Å²) < 4.78 is 0. The molecule has 21 heavy (non-hydrogen) atoms. The van der Waals surface area contributed by atoms with Crippen LogP contribution in [0.5, 0.6) is 0 Å². The van der Waals surface area contributed by atoms with Crippen molar-refractivity contribution in [1.29, 1.82) is 0 Å². The van der Waals surface area contributed by atoms with Crippen molar-refractivity contribution >= 4 is 23.5 Å². The van der Waals surface area contributed by atoms with Gasteiger partial charge < -0.3 is 16.2 Å². The third-order valence-electron chi connectivity index (χ3n) is 3.52. The second-order valence-electron chi connectivity index (χ2n) is 4.92. The number of allylic oxidation sites excluding steroid dienone is 2. The predicted octanol–water partition coefficient (Wildman–Crippen LogP) is 1.39. The topological polar surface area (TPSA) is 109 Å². The van der Waals surface area contributed by atoms with Crippen molar-refractivity contribution in [2.45, 2.75) is 12.8 Å². The van der Waals surface area contributed by atoms with Crippen molar-refractivity contribution < 1.29 is 19.5 Å². The molecule has 0 radical (unpaired) electrons. The van der Waals surface area contributed by atoms with Gasteiger partial charge in [-0.05, 0) is 37.1 Å². The molecular formula is C15H16N2O4. The Morgan fingerprint density at radius 3 is 2.14 bits per heavy atom. The third kappa shape index (κ3) is 3.47. The predicted molar refractivity (Wildman–Crippen MR) is 76.6 cm³/mol. The molecule has 2 unspecified atom stereocenters. The van der Waals surface area contributed by atoms with E-state index < -0.39 is 23.7 Å². The molecule has 4 N–H and O–H groups in total. The number of rotatable bonds is 4. The van der Waals surface area contributed by atoms with Gasteiger partial charge in [-0.1, -0.05) is 12.2 Å². The molecule has 0 heterocycles. The number of carbonyl (C=O) groups excluding carboxylic acids is 2. The highest BCUT2D eigenvalue weighted by molar-refractivity contribution is 5.97. The zero-order valence-corrected chi connectivity index (χ0v) is 11.3. The van der Waals surface area contributed by atoms with E-state index in [1.165, 1.54) is 12.1 Å². The van der Waals surface area contributed by atoms with Crippen LogP contribution in [-0.4, -0.2) is 22.9 Å². The Kier molecular flexibility index (Phi) is 4.37. The Balaban J connectivity index is 2.08. The number of carboxylic acids is 1. The van der Waals surface area contributed by atoms with Crippen LogP contribution in [0.1, 0.15) is 23.2 Å². The molecule has 0 bridgehead atoms. The summed E-state index contributed by atoms with van der Waals surface area (Å²) in [5, 5.41) is 11.8. The zero-order valence-electron chi connectivity index (χ0n) is 11.3. The molecule has 1 aromatic rings. The van der Waals surface area contributed by atoms with Crippen molar-refractivity contribution in [3.63, 3.8) is 0 Å². The van der Waals surface area contributed by atoms with E-state index in [9.17, 15) is 14.4 Å². The van der Waals surface area contributed by atoms with Crippen LogP contribution in [0.4, 0.5) is 5.69 Å². The van der Waals surface area contributed by atoms with Crippen LogP contribution in [0.2, 0.25) is 0 Å². The first kappa shape index (κ1) is 14.8. The first-order valence-electron chi connectivity index (χ1n) is 6.57. The maximum Gasteiger partial charge on any atom is 0.307 e. The lowest BCUT2D eigenvalue weighted by atomic mass is 9.82. The molecule has 1 aliphatic rings. The Morgan fingerprint density at radius 2 is 1.62 bits per heavy atom. The lowest BCUT2D eigenvalue weighted by Crippen LogP contribution is -2.34. The minimum atomic E-state index is -0.969. The van der Waals surface area contributed by atoms with E-state index in [0.717, 1.165) is 0 Å². The highest BCUT2D eigenvalue weighted by atomic mass is 16.4. The van der Waals surface area contributed by atoms with Crippen molar-refractivity contribution in [2.24, 2.45) is 17.6 Å². The standard InChI is InChI=1S/C15H16N2O4/c16-13(18)9-5-7-10(8-6-9)17-14(19)11-3-1-2-4-12(11)15(20)21/h1-2,5-8,11-12H,3-4H2,(H2,16,18)(H,17,19)(H,20,21). The number of hydrogen-bond acceptors (Lipinski definition) is 3. The molecule has 0 aliphatic heterocycles. The Morgan fingerprint density at radius 1 is 1.05 bits per heavy atom. The fourth-order valence-electron chi connectivity index (χ4n) is 2.33. The normalized spacial score (nSPS) is 20.8. The molecule has 2 atom stereocenters. The summed E-state index contributed by atoms with van der Waals surface area (Å²) in [7, 11) is 0. The smallest absolute Gasteiger partial charge is 0.307 e. The molecule has 0 saturated heterocycles. The van der Waals surface area contributed by atoms with E-state index in [0.29, 0.717) is 24.1 Å². The van der Waals surface area contributed by atoms with Crippen molar-refractivity contribution in [3.8, 4) is 0 Å². The maximum atomic E-state index is 12.2. The Hall–Kier alpha value is -2.63. The first-order chi connectivity index (χ1) is 9.99. The lowest BCUT2D eigenvalue weighted by Gasteiger charge is -2.24. The van der Waals surface area contributed by atoms with Gasteiger partial charge >= 0.3 is 5.97 Å². The number of amides is 2. The number of benzene rings is 1. The monoisotopic (exact) mass is 288 g/mol. The summed E-state index contributed by atoms with van der Waals surface area (Å²) in [6.07, 6.45) is 4.36. The van der Waals surface area contributed by atoms with Crippen molar-refractivity contribution in [3.05, 3.63) is 42.0 Å². The molecule has 0 fully saturated rings. The third-order valence-corrected chi connectivity index (χ3v) is 3.52. The van der Waals surface area contributed by atoms with E-state index in [2.05, 4.69) is 5.32 Å². The highest BCUT2D eigenvalue weighted by Gasteiger charge is 2.33. The van der Waals surface area contributed by atoms with Gasteiger partial charge in [0.1, 0.15) is 0 Å². The van der Waals surface area contributed by atoms with Gasteiger partial charge in [0, 0.05) is 11.3 Å². The summed E-state index contributed by atoms with van der Waals surface area (Å²) in [6, 6.07) is 6.14. The van der Waals surface area contributed by atoms with Crippen LogP contribution >= 0.6 is 0 Å². The summed E-state index contributed by atoms with van der Waals surface area (Å²) >= 11 is 0. The summed E-state index contributed by atoms with van der Waals surface area (Å²) in [6.45, 7) is 0. The van der Waals surface area contributed by atoms with Crippen LogP contribution in [0.25, 0.3) is 0 Å². The minimum Gasteiger partial charge on any atom is -0.481 e. The molecule has 0 saturated carbocycles. The number of hydrogen-bond donors (Lipinski definition) is 3. The molecular weight excluding hydrogens is 272 g/mol. The number of carbonyl (C=O) groups is 3. The van der Waals surface area contributed by atoms with Gasteiger partial charge in [0.25, 0.3) is 0 Å². The molecule has 0 spiro atoms. The largest absolute Gasteiger partial charge is 0.481 e. The number of nitrogens with one attached hydrogen (secondary N) is 1. The van der Waals surface area contributed by atoms with Gasteiger partial charge in [0.15, 0.2) is 0 Å². The van der Waals surface area contributed by atoms with E-state index in [4.69, 9.17) is 10.8 Å². The molecule has 2 rings (SSSR count). The van der Waals surface area contributed by atoms with Crippen LogP contribution in [0.15, 0.2) is 36.4 Å². The lowest BCUT2D eigenvalue weighted by molar-refractivity contribution is -0.146. The molecule has 6 heteroatoms. The van der Waals surface area contributed by atoms with Gasteiger partial charge in [-0.15, -0.1) is 0 Å². The fraction of sp³-hybridized carbons (Fsp3) is 0.267. The van der Waals surface area contributed by atoms with Gasteiger partial charge in [-0.3, -0.25) is 14.4 Å². The number of nitrogens with two attached hydrogens (primary N) is 1. The zero-order chi connectivity index (χ0) is 15.4. The van der Waals surface area contributed by atoms with Crippen molar-refractivity contribution in [1.82, 2.24) is 0 Å². The fourth-order valence-corrected chi connectivity index (χ4v) is 2.33. The second kappa shape index (κ2) is 6.21. The summed E-state index contributed by atoms with van der Waals surface area (Å²) in [5.74, 6) is -3.15. The van der Waals surface area contributed by atoms with E-state index >= 15 is 0 Å². The Bertz CT molecular complexity index is 592. The first-order valence-corrected chi connectivity index (χ1v) is 6.57. The second-order valence-corrected chi connectivity index (χ2v) is 4.92. The minimum absolute atomic E-state index is 0.335. The molecule has 6 nitrogen and oxygen atoms in total. The van der Waals surface area contributed by atoms with Gasteiger partial charge in [0.2, 0.25) is 11.8 Å². The molecule has 0 aromatic heterocycles. The van der Waals surface area contributed by atoms with Gasteiger partial charge in [-0.25, -0.2) is 0 Å². The molecule has 110 valence electrons. The van der Waals surface area contributed by atoms with E-state index in [-0.39, 0.29) is 5.91 Å². The van der Waals surface area contributed by atoms with Gasteiger partial charge in [0.05, 0.1) is 11.8 Å². The average molecular weight is 288 g/mol. The van der Waals surface area contributed by atoms with Crippen LogP contribution in [-0.2, 0) is 9.59 Å². The number of carboxylic acid groups (broad SMARTS) is 1. The average Bonchev–Trinajstić information content (AvgIpc) is 2.47. The molecule has 1 aromatic carbocycles. The van der Waals surface area contributed by atoms with Gasteiger partial charge in [-0.2, -0.15) is 0 Å². The quantitative estimate of drug-likeness (QED) is 0.727. The van der Waals surface area contributed by atoms with Crippen LogP contribution in [0.3, 0.4) is 0 Å². The highest BCUT2D eigenvalue weighted by Crippen LogP contribution is 2.27. The number of anilines is 1. The van der Waals surface area contributed by atoms with Crippen molar-refractivity contribution in [2.75, 3.05) is 5.32 Å². The molecule has 2 amide bonds. The van der Waals surface area contributed by atoms with Crippen LogP contribution in [0, 0.1) is 11.8 Å². The SMILES string of the molecule is NC(=O)c1ccc(NC(=O)C2CC=CCC2C(=O)O)cc1. The van der Waals surface area contributed by atoms with Crippen LogP contribution < -0.4 is 11.1 Å².